The zero-order valence-electron chi connectivity index (χ0n) is 12.4. The van der Waals surface area contributed by atoms with Gasteiger partial charge in [-0.2, -0.15) is 0 Å². The van der Waals surface area contributed by atoms with Crippen LogP contribution in [-0.4, -0.2) is 16.5 Å². The zero-order valence-corrected chi connectivity index (χ0v) is 12.4. The molecule has 2 N–H and O–H groups in total. The number of nitrogens with one attached hydrogen (secondary N) is 2. The molecular formula is C16H22N4. The summed E-state index contributed by atoms with van der Waals surface area (Å²) in [6.07, 6.45) is 1.00. The monoisotopic (exact) mass is 270 g/mol. The van der Waals surface area contributed by atoms with Crippen LogP contribution in [0.25, 0.3) is 0 Å². The van der Waals surface area contributed by atoms with Crippen LogP contribution in [0.5, 0.6) is 0 Å². The molecule has 0 spiro atoms. The van der Waals surface area contributed by atoms with Crippen molar-refractivity contribution in [2.24, 2.45) is 0 Å². The summed E-state index contributed by atoms with van der Waals surface area (Å²) in [5.74, 6) is 2.50. The molecule has 0 aliphatic carbocycles. The summed E-state index contributed by atoms with van der Waals surface area (Å²) in [5, 5.41) is 6.72. The molecule has 1 aromatic carbocycles. The Morgan fingerprint density at radius 2 is 1.75 bits per heavy atom. The summed E-state index contributed by atoms with van der Waals surface area (Å²) in [7, 11) is 0. The second-order valence-corrected chi connectivity index (χ2v) is 4.73. The minimum Gasteiger partial charge on any atom is -0.370 e. The van der Waals surface area contributed by atoms with Crippen LogP contribution >= 0.6 is 0 Å². The highest BCUT2D eigenvalue weighted by atomic mass is 15.1. The first-order chi connectivity index (χ1) is 9.72. The van der Waals surface area contributed by atoms with Gasteiger partial charge in [0, 0.05) is 12.6 Å². The highest BCUT2D eigenvalue weighted by Crippen LogP contribution is 2.22. The van der Waals surface area contributed by atoms with Gasteiger partial charge in [0.15, 0.2) is 0 Å². The molecule has 106 valence electrons. The van der Waals surface area contributed by atoms with E-state index in [0.717, 1.165) is 30.4 Å². The number of hydrogen-bond acceptors (Lipinski definition) is 4. The molecule has 1 atom stereocenters. The van der Waals surface area contributed by atoms with Gasteiger partial charge in [-0.1, -0.05) is 37.3 Å². The zero-order chi connectivity index (χ0) is 14.4. The highest BCUT2D eigenvalue weighted by molar-refractivity contribution is 5.48. The Balaban J connectivity index is 2.19. The van der Waals surface area contributed by atoms with E-state index in [1.807, 2.05) is 19.1 Å². The third kappa shape index (κ3) is 3.70. The van der Waals surface area contributed by atoms with Crippen molar-refractivity contribution in [1.29, 1.82) is 0 Å². The molecule has 1 aromatic heterocycles. The van der Waals surface area contributed by atoms with Crippen molar-refractivity contribution in [2.75, 3.05) is 17.2 Å². The van der Waals surface area contributed by atoms with Gasteiger partial charge in [-0.15, -0.1) is 0 Å². The standard InChI is InChI=1S/C16H22N4/c1-4-14(13-9-7-6-8-10-13)20-16-11-15(17-5-2)18-12(3)19-16/h6-11,14H,4-5H2,1-3H3,(H2,17,18,19,20). The SMILES string of the molecule is CCNc1cc(NC(CC)c2ccccc2)nc(C)n1. The van der Waals surface area contributed by atoms with Crippen LogP contribution in [0.4, 0.5) is 11.6 Å². The van der Waals surface area contributed by atoms with E-state index in [0.29, 0.717) is 0 Å². The maximum Gasteiger partial charge on any atom is 0.132 e. The Hall–Kier alpha value is -2.10. The van der Waals surface area contributed by atoms with E-state index in [9.17, 15) is 0 Å². The van der Waals surface area contributed by atoms with E-state index in [1.165, 1.54) is 5.56 Å². The molecule has 0 aliphatic rings. The summed E-state index contributed by atoms with van der Waals surface area (Å²) >= 11 is 0. The number of aromatic nitrogens is 2. The maximum absolute atomic E-state index is 4.47. The van der Waals surface area contributed by atoms with Crippen molar-refractivity contribution in [2.45, 2.75) is 33.2 Å². The van der Waals surface area contributed by atoms with Gasteiger partial charge in [0.1, 0.15) is 17.5 Å². The number of anilines is 2. The van der Waals surface area contributed by atoms with Crippen molar-refractivity contribution in [3.05, 3.63) is 47.8 Å². The lowest BCUT2D eigenvalue weighted by Crippen LogP contribution is -2.12. The second kappa shape index (κ2) is 6.89. The summed E-state index contributed by atoms with van der Waals surface area (Å²) in [5.41, 5.74) is 1.27. The first kappa shape index (κ1) is 14.3. The average molecular weight is 270 g/mol. The van der Waals surface area contributed by atoms with Gasteiger partial charge in [0.25, 0.3) is 0 Å². The first-order valence-corrected chi connectivity index (χ1v) is 7.14. The normalized spacial score (nSPS) is 11.9. The van der Waals surface area contributed by atoms with Crippen LogP contribution in [0, 0.1) is 6.92 Å². The van der Waals surface area contributed by atoms with Crippen LogP contribution in [0.3, 0.4) is 0 Å². The fourth-order valence-electron chi connectivity index (χ4n) is 2.20. The van der Waals surface area contributed by atoms with Crippen LogP contribution in [0.2, 0.25) is 0 Å². The van der Waals surface area contributed by atoms with Crippen molar-refractivity contribution >= 4 is 11.6 Å². The van der Waals surface area contributed by atoms with Gasteiger partial charge in [-0.25, -0.2) is 9.97 Å². The van der Waals surface area contributed by atoms with Gasteiger partial charge in [0.05, 0.1) is 6.04 Å². The number of hydrogen-bond donors (Lipinski definition) is 2. The molecular weight excluding hydrogens is 248 g/mol. The van der Waals surface area contributed by atoms with E-state index in [4.69, 9.17) is 0 Å². The van der Waals surface area contributed by atoms with Gasteiger partial charge >= 0.3 is 0 Å². The lowest BCUT2D eigenvalue weighted by molar-refractivity contribution is 0.742. The molecule has 1 unspecified atom stereocenters. The van der Waals surface area contributed by atoms with Crippen molar-refractivity contribution in [3.8, 4) is 0 Å². The van der Waals surface area contributed by atoms with Crippen LogP contribution < -0.4 is 10.6 Å². The molecule has 0 saturated heterocycles. The van der Waals surface area contributed by atoms with E-state index in [1.54, 1.807) is 0 Å². The van der Waals surface area contributed by atoms with E-state index in [2.05, 4.69) is 58.7 Å². The van der Waals surface area contributed by atoms with Gasteiger partial charge in [-0.3, -0.25) is 0 Å². The van der Waals surface area contributed by atoms with Gasteiger partial charge < -0.3 is 10.6 Å². The molecule has 1 heterocycles. The molecule has 4 nitrogen and oxygen atoms in total. The third-order valence-corrected chi connectivity index (χ3v) is 3.13. The molecule has 0 amide bonds. The molecule has 2 rings (SSSR count). The Labute approximate surface area is 120 Å². The maximum atomic E-state index is 4.47. The summed E-state index contributed by atoms with van der Waals surface area (Å²) in [6.45, 7) is 6.99. The smallest absolute Gasteiger partial charge is 0.132 e. The molecule has 4 heteroatoms. The third-order valence-electron chi connectivity index (χ3n) is 3.13. The quantitative estimate of drug-likeness (QED) is 0.838. The Morgan fingerprint density at radius 1 is 1.05 bits per heavy atom. The number of benzene rings is 1. The lowest BCUT2D eigenvalue weighted by atomic mass is 10.0. The van der Waals surface area contributed by atoms with Gasteiger partial charge in [0.2, 0.25) is 0 Å². The van der Waals surface area contributed by atoms with E-state index >= 15 is 0 Å². The van der Waals surface area contributed by atoms with Crippen molar-refractivity contribution in [1.82, 2.24) is 9.97 Å². The van der Waals surface area contributed by atoms with Gasteiger partial charge in [-0.05, 0) is 25.8 Å². The van der Waals surface area contributed by atoms with E-state index < -0.39 is 0 Å². The average Bonchev–Trinajstić information content (AvgIpc) is 2.45. The second-order valence-electron chi connectivity index (χ2n) is 4.73. The molecule has 20 heavy (non-hydrogen) atoms. The summed E-state index contributed by atoms with van der Waals surface area (Å²) < 4.78 is 0. The van der Waals surface area contributed by atoms with Crippen molar-refractivity contribution in [3.63, 3.8) is 0 Å². The number of nitrogens with zero attached hydrogens (tertiary/aromatic N) is 2. The van der Waals surface area contributed by atoms with Crippen LogP contribution in [0.15, 0.2) is 36.4 Å². The summed E-state index contributed by atoms with van der Waals surface area (Å²) in [6, 6.07) is 12.7. The Morgan fingerprint density at radius 3 is 2.40 bits per heavy atom. The molecule has 0 aliphatic heterocycles. The fraction of sp³-hybridized carbons (Fsp3) is 0.375. The predicted octanol–water partition coefficient (Wildman–Crippen LogP) is 3.78. The molecule has 0 radical (unpaired) electrons. The molecule has 2 aromatic rings. The lowest BCUT2D eigenvalue weighted by Gasteiger charge is -2.18. The van der Waals surface area contributed by atoms with E-state index in [-0.39, 0.29) is 6.04 Å². The minimum atomic E-state index is 0.264. The number of aryl methyl sites for hydroxylation is 1. The fourth-order valence-corrected chi connectivity index (χ4v) is 2.20. The summed E-state index contributed by atoms with van der Waals surface area (Å²) in [4.78, 5) is 8.83. The highest BCUT2D eigenvalue weighted by Gasteiger charge is 2.10. The Kier molecular flexibility index (Phi) is 4.93. The first-order valence-electron chi connectivity index (χ1n) is 7.14. The van der Waals surface area contributed by atoms with Crippen LogP contribution in [0.1, 0.15) is 37.7 Å². The largest absolute Gasteiger partial charge is 0.370 e. The molecule has 0 fully saturated rings. The minimum absolute atomic E-state index is 0.264. The predicted molar refractivity (Wildman–Crippen MR) is 84.0 cm³/mol. The topological polar surface area (TPSA) is 49.8 Å². The Bertz CT molecular complexity index is 539. The molecule has 0 bridgehead atoms. The number of rotatable bonds is 6. The van der Waals surface area contributed by atoms with Crippen LogP contribution in [-0.2, 0) is 0 Å². The molecule has 0 saturated carbocycles. The van der Waals surface area contributed by atoms with Crippen molar-refractivity contribution < 1.29 is 0 Å².